The van der Waals surface area contributed by atoms with Gasteiger partial charge in [0.15, 0.2) is 0 Å². The highest BCUT2D eigenvalue weighted by molar-refractivity contribution is 5.72. The number of esters is 1. The van der Waals surface area contributed by atoms with E-state index in [-0.39, 0.29) is 17.5 Å². The normalized spacial score (nSPS) is 43.9. The molecule has 0 saturated heterocycles. The third kappa shape index (κ3) is 2.19. The number of rotatable bonds is 4. The van der Waals surface area contributed by atoms with Crippen molar-refractivity contribution in [2.75, 3.05) is 0 Å². The van der Waals surface area contributed by atoms with Crippen LogP contribution in [0.25, 0.3) is 0 Å². The molecular formula is C18H30O2. The van der Waals surface area contributed by atoms with Crippen LogP contribution in [0, 0.1) is 35.5 Å². The monoisotopic (exact) mass is 278 g/mol. The van der Waals surface area contributed by atoms with E-state index in [0.717, 1.165) is 37.0 Å². The minimum Gasteiger partial charge on any atom is -0.459 e. The highest BCUT2D eigenvalue weighted by Gasteiger charge is 2.59. The molecule has 2 nitrogen and oxygen atoms in total. The van der Waals surface area contributed by atoms with Crippen molar-refractivity contribution < 1.29 is 9.53 Å². The zero-order chi connectivity index (χ0) is 14.5. The molecule has 0 aromatic carbocycles. The van der Waals surface area contributed by atoms with Crippen LogP contribution in [0.1, 0.15) is 66.2 Å². The van der Waals surface area contributed by atoms with Crippen LogP contribution in [0.2, 0.25) is 0 Å². The van der Waals surface area contributed by atoms with Crippen molar-refractivity contribution in [1.29, 1.82) is 0 Å². The summed E-state index contributed by atoms with van der Waals surface area (Å²) in [6.07, 6.45) is 7.35. The minimum absolute atomic E-state index is 0.0517. The average molecular weight is 278 g/mol. The maximum atomic E-state index is 12.4. The third-order valence-corrected chi connectivity index (χ3v) is 6.36. The van der Waals surface area contributed by atoms with Crippen LogP contribution in [0.3, 0.4) is 0 Å². The molecule has 0 amide bonds. The number of carbonyl (C=O) groups is 1. The fourth-order valence-electron chi connectivity index (χ4n) is 5.78. The fourth-order valence-corrected chi connectivity index (χ4v) is 5.78. The summed E-state index contributed by atoms with van der Waals surface area (Å²) in [5, 5.41) is 0. The van der Waals surface area contributed by atoms with Gasteiger partial charge in [-0.05, 0) is 62.2 Å². The van der Waals surface area contributed by atoms with Gasteiger partial charge in [-0.3, -0.25) is 4.79 Å². The topological polar surface area (TPSA) is 26.3 Å². The van der Waals surface area contributed by atoms with E-state index in [1.54, 1.807) is 0 Å². The summed E-state index contributed by atoms with van der Waals surface area (Å²) in [5.41, 5.74) is -0.108. The molecule has 0 aromatic rings. The van der Waals surface area contributed by atoms with E-state index in [0.29, 0.717) is 11.8 Å². The van der Waals surface area contributed by atoms with Gasteiger partial charge in [0.05, 0.1) is 5.92 Å². The minimum atomic E-state index is -0.108. The molecule has 4 unspecified atom stereocenters. The summed E-state index contributed by atoms with van der Waals surface area (Å²) < 4.78 is 6.24. The molecule has 0 spiro atoms. The molecule has 0 N–H and O–H groups in total. The SMILES string of the molecule is CCC(C)C(=O)OC12CC3CC(CC(C3)C1C(C)C)C2. The number of ether oxygens (including phenoxy) is 1. The van der Waals surface area contributed by atoms with E-state index in [2.05, 4.69) is 20.8 Å². The standard InChI is InChI=1S/C18H30O2/c1-5-12(4)17(19)20-18-9-13-6-14(10-18)8-15(7-13)16(18)11(2)3/h11-16H,5-10H2,1-4H3. The predicted molar refractivity (Wildman–Crippen MR) is 80.2 cm³/mol. The van der Waals surface area contributed by atoms with Crippen molar-refractivity contribution in [2.24, 2.45) is 35.5 Å². The van der Waals surface area contributed by atoms with Crippen molar-refractivity contribution in [3.8, 4) is 0 Å². The smallest absolute Gasteiger partial charge is 0.309 e. The molecule has 4 atom stereocenters. The van der Waals surface area contributed by atoms with Gasteiger partial charge in [-0.25, -0.2) is 0 Å². The molecular weight excluding hydrogens is 248 g/mol. The van der Waals surface area contributed by atoms with E-state index in [4.69, 9.17) is 4.74 Å². The zero-order valence-electron chi connectivity index (χ0n) is 13.5. The van der Waals surface area contributed by atoms with Gasteiger partial charge in [0, 0.05) is 5.92 Å². The Morgan fingerprint density at radius 3 is 2.25 bits per heavy atom. The van der Waals surface area contributed by atoms with E-state index in [1.165, 1.54) is 19.3 Å². The maximum Gasteiger partial charge on any atom is 0.309 e. The Bertz CT molecular complexity index is 373. The van der Waals surface area contributed by atoms with Crippen LogP contribution >= 0.6 is 0 Å². The quantitative estimate of drug-likeness (QED) is 0.711. The van der Waals surface area contributed by atoms with Gasteiger partial charge in [0.2, 0.25) is 0 Å². The van der Waals surface area contributed by atoms with E-state index in [9.17, 15) is 4.79 Å². The fraction of sp³-hybridized carbons (Fsp3) is 0.944. The first-order valence-electron chi connectivity index (χ1n) is 8.68. The van der Waals surface area contributed by atoms with Crippen LogP contribution in [0.15, 0.2) is 0 Å². The Kier molecular flexibility index (Phi) is 3.63. The molecule has 20 heavy (non-hydrogen) atoms. The van der Waals surface area contributed by atoms with Crippen molar-refractivity contribution >= 4 is 5.97 Å². The Morgan fingerprint density at radius 1 is 1.15 bits per heavy atom. The van der Waals surface area contributed by atoms with Crippen molar-refractivity contribution in [3.63, 3.8) is 0 Å². The number of hydrogen-bond donors (Lipinski definition) is 0. The lowest BCUT2D eigenvalue weighted by atomic mass is 9.47. The molecule has 4 rings (SSSR count). The lowest BCUT2D eigenvalue weighted by Gasteiger charge is -2.61. The Balaban J connectivity index is 1.85. The Morgan fingerprint density at radius 2 is 1.75 bits per heavy atom. The molecule has 0 aromatic heterocycles. The van der Waals surface area contributed by atoms with Crippen LogP contribution in [0.4, 0.5) is 0 Å². The molecule has 114 valence electrons. The maximum absolute atomic E-state index is 12.4. The van der Waals surface area contributed by atoms with Crippen molar-refractivity contribution in [3.05, 3.63) is 0 Å². The highest BCUT2D eigenvalue weighted by atomic mass is 16.6. The lowest BCUT2D eigenvalue weighted by molar-refractivity contribution is -0.218. The summed E-state index contributed by atoms with van der Waals surface area (Å²) in [7, 11) is 0. The number of carbonyl (C=O) groups excluding carboxylic acids is 1. The Hall–Kier alpha value is -0.530. The first-order valence-corrected chi connectivity index (χ1v) is 8.68. The summed E-state index contributed by atoms with van der Waals surface area (Å²) in [6, 6.07) is 0. The first kappa shape index (κ1) is 14.4. The van der Waals surface area contributed by atoms with Gasteiger partial charge < -0.3 is 4.74 Å². The molecule has 4 fully saturated rings. The first-order chi connectivity index (χ1) is 9.45. The summed E-state index contributed by atoms with van der Waals surface area (Å²) >= 11 is 0. The average Bonchev–Trinajstić information content (AvgIpc) is 2.35. The van der Waals surface area contributed by atoms with Crippen LogP contribution < -0.4 is 0 Å². The zero-order valence-corrected chi connectivity index (χ0v) is 13.5. The van der Waals surface area contributed by atoms with Gasteiger partial charge in [-0.2, -0.15) is 0 Å². The summed E-state index contributed by atoms with van der Waals surface area (Å²) in [6.45, 7) is 8.73. The van der Waals surface area contributed by atoms with Gasteiger partial charge >= 0.3 is 5.97 Å². The van der Waals surface area contributed by atoms with Gasteiger partial charge in [-0.1, -0.05) is 27.7 Å². The third-order valence-electron chi connectivity index (χ3n) is 6.36. The second-order valence-electron chi connectivity index (χ2n) is 8.17. The van der Waals surface area contributed by atoms with Gasteiger partial charge in [0.25, 0.3) is 0 Å². The lowest BCUT2D eigenvalue weighted by Crippen LogP contribution is -2.60. The van der Waals surface area contributed by atoms with Gasteiger partial charge in [0.1, 0.15) is 5.60 Å². The van der Waals surface area contributed by atoms with Gasteiger partial charge in [-0.15, -0.1) is 0 Å². The molecule has 4 saturated carbocycles. The molecule has 2 heteroatoms. The molecule has 0 aliphatic heterocycles. The largest absolute Gasteiger partial charge is 0.459 e. The predicted octanol–water partition coefficient (Wildman–Crippen LogP) is 4.43. The van der Waals surface area contributed by atoms with Crippen LogP contribution in [0.5, 0.6) is 0 Å². The van der Waals surface area contributed by atoms with Crippen molar-refractivity contribution in [1.82, 2.24) is 0 Å². The van der Waals surface area contributed by atoms with E-state index < -0.39 is 0 Å². The summed E-state index contributed by atoms with van der Waals surface area (Å²) in [5.74, 6) is 3.80. The van der Waals surface area contributed by atoms with Crippen LogP contribution in [-0.4, -0.2) is 11.6 Å². The van der Waals surface area contributed by atoms with E-state index >= 15 is 0 Å². The highest BCUT2D eigenvalue weighted by Crippen LogP contribution is 2.61. The Labute approximate surface area is 123 Å². The molecule has 0 heterocycles. The molecule has 4 bridgehead atoms. The van der Waals surface area contributed by atoms with Crippen LogP contribution in [-0.2, 0) is 9.53 Å². The van der Waals surface area contributed by atoms with E-state index in [1.807, 2.05) is 6.92 Å². The second kappa shape index (κ2) is 5.03. The molecule has 4 aliphatic rings. The molecule has 0 radical (unpaired) electrons. The molecule has 4 aliphatic carbocycles. The number of hydrogen-bond acceptors (Lipinski definition) is 2. The second-order valence-corrected chi connectivity index (χ2v) is 8.17. The van der Waals surface area contributed by atoms with Crippen molar-refractivity contribution in [2.45, 2.75) is 71.8 Å². The summed E-state index contributed by atoms with van der Waals surface area (Å²) in [4.78, 5) is 12.4.